The van der Waals surface area contributed by atoms with Crippen molar-refractivity contribution in [1.82, 2.24) is 0 Å². The number of aliphatic hydroxyl groups is 1. The first-order chi connectivity index (χ1) is 42.3. The van der Waals surface area contributed by atoms with E-state index in [9.17, 15) is 5.11 Å². The van der Waals surface area contributed by atoms with Crippen LogP contribution in [0.4, 0.5) is 0 Å². The van der Waals surface area contributed by atoms with Gasteiger partial charge in [-0.05, 0) is 355 Å². The Bertz CT molecular complexity index is 2400. The molecule has 4 saturated carbocycles. The summed E-state index contributed by atoms with van der Waals surface area (Å²) in [5.74, 6) is 3.38. The van der Waals surface area contributed by atoms with Crippen LogP contribution in [0.5, 0.6) is 0 Å². The number of hydrogen-bond acceptors (Lipinski definition) is 1. The van der Waals surface area contributed by atoms with E-state index < -0.39 is 5.60 Å². The van der Waals surface area contributed by atoms with Crippen molar-refractivity contribution in [2.45, 2.75) is 363 Å². The van der Waals surface area contributed by atoms with Gasteiger partial charge in [0, 0.05) is 0 Å². The Labute approximate surface area is 563 Å². The molecule has 0 radical (unpaired) electrons. The summed E-state index contributed by atoms with van der Waals surface area (Å²) in [5.41, 5.74) is 20.4. The average molecular weight is 1240 g/mol. The summed E-state index contributed by atoms with van der Waals surface area (Å²) in [6.45, 7) is 57.0. The average Bonchev–Trinajstić information content (AvgIpc) is 0.796. The van der Waals surface area contributed by atoms with E-state index in [2.05, 4.69) is 225 Å². The SMILES string of the molecule is C=C1CCCC(C)(C)[C@@H]1CC/C(C)=C/CC/C=C(\C)CC/C=C(\C)CCC=C(C)C.C=C1CCCC(C)(C)[C@@H]1CC/C(C)=C/CC[C@@H]1C2CCCC(C)(C)[C@@H]2CC[C@@]1(C)O.CC(C)=CCC/C(C)=C/CC/C(C)=C/CC/C=C(\C)CC/C=C(\C)CCC=C(C)C. The molecule has 512 valence electrons. The molecule has 0 aromatic rings. The van der Waals surface area contributed by atoms with E-state index in [1.54, 1.807) is 11.1 Å². The van der Waals surface area contributed by atoms with E-state index in [4.69, 9.17) is 0 Å². The summed E-state index contributed by atoms with van der Waals surface area (Å²) in [4.78, 5) is 0. The highest BCUT2D eigenvalue weighted by Gasteiger charge is 2.50. The van der Waals surface area contributed by atoms with E-state index in [0.29, 0.717) is 34.0 Å². The molecule has 0 saturated heterocycles. The number of hydrogen-bond donors (Lipinski definition) is 1. The third-order valence-electron chi connectivity index (χ3n) is 22.0. The summed E-state index contributed by atoms with van der Waals surface area (Å²) in [5, 5.41) is 11.2. The molecule has 4 rings (SSSR count). The molecule has 0 aromatic heterocycles. The lowest BCUT2D eigenvalue weighted by Gasteiger charge is -2.55. The Morgan fingerprint density at radius 3 is 0.956 bits per heavy atom. The lowest BCUT2D eigenvalue weighted by atomic mass is 9.52. The Kier molecular flexibility index (Phi) is 40.0. The van der Waals surface area contributed by atoms with E-state index in [0.717, 1.165) is 31.1 Å². The molecule has 1 heteroatoms. The van der Waals surface area contributed by atoms with Gasteiger partial charge in [0.25, 0.3) is 0 Å². The maximum absolute atomic E-state index is 11.2. The summed E-state index contributed by atoms with van der Waals surface area (Å²) in [6, 6.07) is 0. The molecule has 4 fully saturated rings. The predicted octanol–water partition coefficient (Wildman–Crippen LogP) is 29.4. The van der Waals surface area contributed by atoms with Crippen molar-refractivity contribution in [1.29, 1.82) is 0 Å². The number of fused-ring (bicyclic) bond motifs is 1. The van der Waals surface area contributed by atoms with Crippen LogP contribution in [-0.2, 0) is 0 Å². The van der Waals surface area contributed by atoms with Crippen LogP contribution in [0.15, 0.2) is 152 Å². The fraction of sp³-hybridized carbons (Fsp3) is 0.708. The van der Waals surface area contributed by atoms with Crippen LogP contribution in [-0.4, -0.2) is 10.7 Å². The number of allylic oxidation sites excluding steroid dienone is 24. The van der Waals surface area contributed by atoms with Gasteiger partial charge >= 0.3 is 0 Å². The first-order valence-electron chi connectivity index (χ1n) is 37.5. The zero-order chi connectivity index (χ0) is 67.5. The Morgan fingerprint density at radius 2 is 0.633 bits per heavy atom. The van der Waals surface area contributed by atoms with Gasteiger partial charge in [0.2, 0.25) is 0 Å². The quantitative estimate of drug-likeness (QED) is 0.0513. The van der Waals surface area contributed by atoms with E-state index in [1.807, 2.05) is 0 Å². The van der Waals surface area contributed by atoms with Crippen molar-refractivity contribution < 1.29 is 5.11 Å². The van der Waals surface area contributed by atoms with Crippen LogP contribution < -0.4 is 0 Å². The lowest BCUT2D eigenvalue weighted by molar-refractivity contribution is -0.120. The molecule has 1 nitrogen and oxygen atoms in total. The van der Waals surface area contributed by atoms with Crippen molar-refractivity contribution in [3.05, 3.63) is 152 Å². The molecular weight excluding hydrogens is 1080 g/mol. The van der Waals surface area contributed by atoms with Crippen LogP contribution in [0.3, 0.4) is 0 Å². The lowest BCUT2D eigenvalue weighted by Crippen LogP contribution is -2.51. The molecule has 4 aliphatic carbocycles. The first-order valence-corrected chi connectivity index (χ1v) is 37.5. The van der Waals surface area contributed by atoms with E-state index in [1.165, 1.54) is 254 Å². The number of rotatable bonds is 33. The molecule has 0 heterocycles. The molecule has 0 amide bonds. The highest BCUT2D eigenvalue weighted by Crippen LogP contribution is 2.56. The second-order valence-electron chi connectivity index (χ2n) is 33.0. The fourth-order valence-electron chi connectivity index (χ4n) is 15.8. The highest BCUT2D eigenvalue weighted by molar-refractivity contribution is 5.15. The molecule has 1 N–H and O–H groups in total. The van der Waals surface area contributed by atoms with Crippen molar-refractivity contribution in [3.63, 3.8) is 0 Å². The highest BCUT2D eigenvalue weighted by atomic mass is 16.3. The summed E-state index contributed by atoms with van der Waals surface area (Å²) in [7, 11) is 0. The standard InChI is InChI=1S/2C30H50.C29H50O/c1-24(2)14-11-17-26(4)19-12-18-25(3)15-9-10-16-27(5)21-22-29-28(6)20-13-23-30(29,7)8;1-25(2)15-11-19-29(7)23-13-21-27(5)17-9-10-18-28(6)22-14-24-30(8)20-12-16-26(3)4;1-21(15-16-24-22(2)12-9-18-27(24,3)4)11-8-14-26-23-13-10-19-28(5,6)25(23)17-20-29(26,7)30/h14-16,19,29H,6,9-13,17-18,20-23H2,1-5,7-8H3;15-18,23-24H,9-14,19-22H2,1-8H3;11,23-26,30H,2,8-10,12-20H2,1,3-7H3/b25-15+,26-19+,27-16+;27-17+,28-18+,29-23+,30-24+;21-11+/t29-;;23?,24-,25-,26-,29-/m1.1/s1. The molecule has 0 spiro atoms. The monoisotopic (exact) mass is 1240 g/mol. The van der Waals surface area contributed by atoms with Crippen molar-refractivity contribution in [2.24, 2.45) is 45.8 Å². The molecule has 0 aromatic carbocycles. The predicted molar refractivity (Wildman–Crippen MR) is 408 cm³/mol. The van der Waals surface area contributed by atoms with Gasteiger partial charge in [-0.25, -0.2) is 0 Å². The summed E-state index contributed by atoms with van der Waals surface area (Å²) in [6.07, 6.45) is 66.8. The smallest absolute Gasteiger partial charge is 0.0650 e. The molecule has 1 unspecified atom stereocenters. The molecule has 4 aliphatic rings. The van der Waals surface area contributed by atoms with Gasteiger partial charge in [-0.15, -0.1) is 0 Å². The van der Waals surface area contributed by atoms with Crippen LogP contribution in [0, 0.1) is 45.8 Å². The minimum Gasteiger partial charge on any atom is -0.390 e. The molecule has 0 aliphatic heterocycles. The normalized spacial score (nSPS) is 24.3. The third kappa shape index (κ3) is 35.2. The second-order valence-corrected chi connectivity index (χ2v) is 33.0. The molecule has 6 atom stereocenters. The largest absolute Gasteiger partial charge is 0.390 e. The van der Waals surface area contributed by atoms with Crippen molar-refractivity contribution in [2.75, 3.05) is 0 Å². The zero-order valence-corrected chi connectivity index (χ0v) is 63.9. The maximum Gasteiger partial charge on any atom is 0.0650 e. The van der Waals surface area contributed by atoms with Crippen LogP contribution in [0.25, 0.3) is 0 Å². The minimum absolute atomic E-state index is 0.416. The van der Waals surface area contributed by atoms with Crippen molar-refractivity contribution in [3.8, 4) is 0 Å². The number of unbranched alkanes of at least 4 members (excludes halogenated alkanes) is 2. The van der Waals surface area contributed by atoms with Gasteiger partial charge < -0.3 is 5.11 Å². The minimum atomic E-state index is -0.472. The first kappa shape index (κ1) is 82.7. The zero-order valence-electron chi connectivity index (χ0n) is 63.9. The Balaban J connectivity index is 0.000000460. The topological polar surface area (TPSA) is 20.2 Å². The molecular formula is C89H150O. The Morgan fingerprint density at radius 1 is 0.344 bits per heavy atom. The van der Waals surface area contributed by atoms with Crippen LogP contribution >= 0.6 is 0 Å². The van der Waals surface area contributed by atoms with E-state index in [-0.39, 0.29) is 0 Å². The summed E-state index contributed by atoms with van der Waals surface area (Å²) >= 11 is 0. The van der Waals surface area contributed by atoms with Gasteiger partial charge in [-0.2, -0.15) is 0 Å². The van der Waals surface area contributed by atoms with Crippen LogP contribution in [0.2, 0.25) is 0 Å². The summed E-state index contributed by atoms with van der Waals surface area (Å²) < 4.78 is 0. The van der Waals surface area contributed by atoms with Gasteiger partial charge in [0.15, 0.2) is 0 Å². The van der Waals surface area contributed by atoms with Gasteiger partial charge in [-0.1, -0.05) is 200 Å². The fourth-order valence-corrected chi connectivity index (χ4v) is 15.8. The second kappa shape index (κ2) is 43.5. The molecule has 0 bridgehead atoms. The van der Waals surface area contributed by atoms with Gasteiger partial charge in [0.1, 0.15) is 0 Å². The van der Waals surface area contributed by atoms with Crippen molar-refractivity contribution >= 4 is 0 Å². The molecule has 90 heavy (non-hydrogen) atoms. The third-order valence-corrected chi connectivity index (χ3v) is 22.0. The Hall–Kier alpha value is -3.42. The van der Waals surface area contributed by atoms with Gasteiger partial charge in [-0.3, -0.25) is 0 Å². The van der Waals surface area contributed by atoms with E-state index >= 15 is 0 Å². The van der Waals surface area contributed by atoms with Gasteiger partial charge in [0.05, 0.1) is 5.60 Å². The van der Waals surface area contributed by atoms with Crippen LogP contribution in [0.1, 0.15) is 357 Å². The maximum atomic E-state index is 11.2.